The van der Waals surface area contributed by atoms with E-state index in [0.717, 1.165) is 31.7 Å². The molecule has 1 aromatic heterocycles. The van der Waals surface area contributed by atoms with E-state index in [0.29, 0.717) is 13.0 Å². The van der Waals surface area contributed by atoms with Crippen LogP contribution >= 0.6 is 0 Å². The highest BCUT2D eigenvalue weighted by Crippen LogP contribution is 2.22. The van der Waals surface area contributed by atoms with Crippen molar-refractivity contribution in [1.29, 1.82) is 0 Å². The van der Waals surface area contributed by atoms with Gasteiger partial charge in [-0.05, 0) is 12.8 Å². The van der Waals surface area contributed by atoms with Crippen LogP contribution in [0.2, 0.25) is 0 Å². The van der Waals surface area contributed by atoms with Gasteiger partial charge in [0.2, 0.25) is 5.95 Å². The number of aromatic nitrogens is 2. The summed E-state index contributed by atoms with van der Waals surface area (Å²) < 4.78 is 0. The zero-order valence-corrected chi connectivity index (χ0v) is 10.2. The number of nitro groups is 1. The predicted octanol–water partition coefficient (Wildman–Crippen LogP) is 1.22. The Bertz CT molecular complexity index is 476. The Balaban J connectivity index is 2.25. The third-order valence-electron chi connectivity index (χ3n) is 3.13. The smallest absolute Gasteiger partial charge is 0.326 e. The van der Waals surface area contributed by atoms with Gasteiger partial charge >= 0.3 is 11.7 Å². The van der Waals surface area contributed by atoms with Gasteiger partial charge in [-0.3, -0.25) is 10.1 Å². The zero-order valence-electron chi connectivity index (χ0n) is 10.2. The van der Waals surface area contributed by atoms with Crippen LogP contribution in [0.1, 0.15) is 25.7 Å². The molecule has 1 fully saturated rings. The fourth-order valence-corrected chi connectivity index (χ4v) is 2.16. The van der Waals surface area contributed by atoms with Gasteiger partial charge in [0.1, 0.15) is 18.4 Å². The lowest BCUT2D eigenvalue weighted by Crippen LogP contribution is -2.41. The number of aliphatic carboxylic acids is 1. The van der Waals surface area contributed by atoms with E-state index in [4.69, 9.17) is 0 Å². The van der Waals surface area contributed by atoms with Crippen LogP contribution in [0.25, 0.3) is 0 Å². The maximum atomic E-state index is 11.3. The Labute approximate surface area is 109 Å². The molecule has 102 valence electrons. The van der Waals surface area contributed by atoms with Crippen molar-refractivity contribution >= 4 is 17.6 Å². The number of anilines is 1. The summed E-state index contributed by atoms with van der Waals surface area (Å²) in [6.45, 7) is 0.550. The van der Waals surface area contributed by atoms with Crippen LogP contribution in [-0.2, 0) is 4.79 Å². The number of rotatable bonds is 3. The maximum absolute atomic E-state index is 11.3. The van der Waals surface area contributed by atoms with E-state index in [1.807, 2.05) is 0 Å². The zero-order chi connectivity index (χ0) is 13.8. The number of hydrogen-bond acceptors (Lipinski definition) is 6. The van der Waals surface area contributed by atoms with E-state index in [1.54, 1.807) is 4.90 Å². The molecule has 0 radical (unpaired) electrons. The van der Waals surface area contributed by atoms with Crippen LogP contribution in [-0.4, -0.2) is 38.6 Å². The lowest BCUT2D eigenvalue weighted by atomic mass is 10.1. The van der Waals surface area contributed by atoms with Gasteiger partial charge in [0.15, 0.2) is 0 Å². The molecule has 0 bridgehead atoms. The first-order valence-electron chi connectivity index (χ1n) is 6.05. The molecule has 0 amide bonds. The summed E-state index contributed by atoms with van der Waals surface area (Å²) in [4.78, 5) is 30.6. The minimum atomic E-state index is -0.913. The molecule has 1 aliphatic rings. The van der Waals surface area contributed by atoms with Crippen LogP contribution in [0, 0.1) is 10.1 Å². The van der Waals surface area contributed by atoms with Gasteiger partial charge in [0.25, 0.3) is 0 Å². The monoisotopic (exact) mass is 266 g/mol. The second kappa shape index (κ2) is 5.59. The Morgan fingerprint density at radius 3 is 2.63 bits per heavy atom. The normalized spacial score (nSPS) is 19.8. The first-order valence-corrected chi connectivity index (χ1v) is 6.05. The minimum Gasteiger partial charge on any atom is -0.480 e. The Morgan fingerprint density at radius 2 is 2.05 bits per heavy atom. The number of carboxylic acids is 1. The van der Waals surface area contributed by atoms with E-state index >= 15 is 0 Å². The van der Waals surface area contributed by atoms with Crippen LogP contribution in [0.5, 0.6) is 0 Å². The van der Waals surface area contributed by atoms with Gasteiger partial charge < -0.3 is 10.0 Å². The van der Waals surface area contributed by atoms with Crippen molar-refractivity contribution in [3.05, 3.63) is 22.5 Å². The molecule has 2 heterocycles. The highest BCUT2D eigenvalue weighted by molar-refractivity contribution is 5.77. The molecule has 0 aliphatic carbocycles. The van der Waals surface area contributed by atoms with Crippen molar-refractivity contribution in [2.24, 2.45) is 0 Å². The van der Waals surface area contributed by atoms with Crippen molar-refractivity contribution in [2.75, 3.05) is 11.4 Å². The molecule has 1 atom stereocenters. The molecule has 1 unspecified atom stereocenters. The van der Waals surface area contributed by atoms with Crippen LogP contribution in [0.3, 0.4) is 0 Å². The summed E-state index contributed by atoms with van der Waals surface area (Å²) in [5, 5.41) is 19.8. The molecule has 0 aromatic carbocycles. The molecule has 8 nitrogen and oxygen atoms in total. The summed E-state index contributed by atoms with van der Waals surface area (Å²) in [6.07, 6.45) is 5.42. The van der Waals surface area contributed by atoms with Gasteiger partial charge in [-0.25, -0.2) is 14.8 Å². The van der Waals surface area contributed by atoms with Gasteiger partial charge in [-0.1, -0.05) is 12.8 Å². The molecule has 1 aromatic rings. The molecular formula is C11H14N4O4. The molecule has 1 aliphatic heterocycles. The Hall–Kier alpha value is -2.25. The standard InChI is InChI=1S/C11H14N4O4/c16-10(17)9-4-2-1-3-5-14(9)11-12-6-8(7-13-11)15(18)19/h6-7,9H,1-5H2,(H,16,17). The number of nitrogens with zero attached hydrogens (tertiary/aromatic N) is 4. The molecule has 8 heteroatoms. The fourth-order valence-electron chi connectivity index (χ4n) is 2.16. The Kier molecular flexibility index (Phi) is 3.88. The van der Waals surface area contributed by atoms with Gasteiger partial charge in [-0.15, -0.1) is 0 Å². The maximum Gasteiger partial charge on any atom is 0.326 e. The van der Waals surface area contributed by atoms with E-state index in [9.17, 15) is 20.0 Å². The quantitative estimate of drug-likeness (QED) is 0.646. The summed E-state index contributed by atoms with van der Waals surface area (Å²) in [5.74, 6) is -0.677. The van der Waals surface area contributed by atoms with E-state index in [-0.39, 0.29) is 11.6 Å². The van der Waals surface area contributed by atoms with Crippen molar-refractivity contribution in [3.8, 4) is 0 Å². The first-order chi connectivity index (χ1) is 9.09. The third-order valence-corrected chi connectivity index (χ3v) is 3.13. The Morgan fingerprint density at radius 1 is 1.37 bits per heavy atom. The molecular weight excluding hydrogens is 252 g/mol. The summed E-state index contributed by atoms with van der Waals surface area (Å²) in [6, 6.07) is -0.663. The summed E-state index contributed by atoms with van der Waals surface area (Å²) in [5.41, 5.74) is -0.203. The molecule has 19 heavy (non-hydrogen) atoms. The second-order valence-corrected chi connectivity index (χ2v) is 4.40. The molecule has 2 rings (SSSR count). The van der Waals surface area contributed by atoms with Crippen LogP contribution in [0.4, 0.5) is 11.6 Å². The van der Waals surface area contributed by atoms with Crippen molar-refractivity contribution < 1.29 is 14.8 Å². The molecule has 1 saturated heterocycles. The topological polar surface area (TPSA) is 109 Å². The summed E-state index contributed by atoms with van der Waals surface area (Å²) >= 11 is 0. The van der Waals surface area contributed by atoms with E-state index < -0.39 is 16.9 Å². The first kappa shape index (κ1) is 13.2. The van der Waals surface area contributed by atoms with E-state index in [1.165, 1.54) is 0 Å². The number of carbonyl (C=O) groups is 1. The predicted molar refractivity (Wildman–Crippen MR) is 65.9 cm³/mol. The van der Waals surface area contributed by atoms with Crippen LogP contribution < -0.4 is 4.90 Å². The van der Waals surface area contributed by atoms with Gasteiger partial charge in [0.05, 0.1) is 4.92 Å². The average molecular weight is 266 g/mol. The van der Waals surface area contributed by atoms with Crippen molar-refractivity contribution in [2.45, 2.75) is 31.7 Å². The lowest BCUT2D eigenvalue weighted by Gasteiger charge is -2.26. The average Bonchev–Trinajstić information content (AvgIpc) is 2.64. The SMILES string of the molecule is O=C(O)C1CCCCCN1c1ncc([N+](=O)[O-])cn1. The number of carboxylic acid groups (broad SMARTS) is 1. The highest BCUT2D eigenvalue weighted by atomic mass is 16.6. The van der Waals surface area contributed by atoms with E-state index in [2.05, 4.69) is 9.97 Å². The minimum absolute atomic E-state index is 0.203. The third kappa shape index (κ3) is 2.95. The molecule has 1 N–H and O–H groups in total. The van der Waals surface area contributed by atoms with Gasteiger partial charge in [0, 0.05) is 6.54 Å². The molecule has 0 saturated carbocycles. The van der Waals surface area contributed by atoms with Gasteiger partial charge in [-0.2, -0.15) is 0 Å². The second-order valence-electron chi connectivity index (χ2n) is 4.40. The number of hydrogen-bond donors (Lipinski definition) is 1. The van der Waals surface area contributed by atoms with Crippen molar-refractivity contribution in [1.82, 2.24) is 9.97 Å². The largest absolute Gasteiger partial charge is 0.480 e. The lowest BCUT2D eigenvalue weighted by molar-refractivity contribution is -0.385. The molecule has 0 spiro atoms. The van der Waals surface area contributed by atoms with Crippen molar-refractivity contribution in [3.63, 3.8) is 0 Å². The van der Waals surface area contributed by atoms with Crippen LogP contribution in [0.15, 0.2) is 12.4 Å². The summed E-state index contributed by atoms with van der Waals surface area (Å²) in [7, 11) is 0. The fraction of sp³-hybridized carbons (Fsp3) is 0.545. The highest BCUT2D eigenvalue weighted by Gasteiger charge is 2.29.